The summed E-state index contributed by atoms with van der Waals surface area (Å²) in [4.78, 5) is 25.1. The number of benzene rings is 2. The highest BCUT2D eigenvalue weighted by Gasteiger charge is 2.16. The molecule has 0 spiro atoms. The van der Waals surface area contributed by atoms with Gasteiger partial charge in [0.25, 0.3) is 0 Å². The molecule has 35 heavy (non-hydrogen) atoms. The lowest BCUT2D eigenvalue weighted by molar-refractivity contribution is -0.140. The zero-order valence-electron chi connectivity index (χ0n) is 19.8. The van der Waals surface area contributed by atoms with E-state index in [-0.39, 0.29) is 37.4 Å². The van der Waals surface area contributed by atoms with E-state index in [0.717, 1.165) is 5.56 Å². The van der Waals surface area contributed by atoms with Crippen molar-refractivity contribution in [3.63, 3.8) is 0 Å². The minimum atomic E-state index is -2.11. The predicted molar refractivity (Wildman–Crippen MR) is 128 cm³/mol. The Morgan fingerprint density at radius 3 is 2.14 bits per heavy atom. The molecule has 0 amide bonds. The van der Waals surface area contributed by atoms with Gasteiger partial charge in [-0.2, -0.15) is 9.47 Å². The summed E-state index contributed by atoms with van der Waals surface area (Å²) in [6, 6.07) is 12.0. The fraction of sp³-hybridized carbons (Fsp3) is 0.348. The SMILES string of the molecule is COC(=O)CCN(CCC(=O)OC)c1ccc(N=Nc2ccc(C)cc2C#N)c(OS(=O)OC)c1. The summed E-state index contributed by atoms with van der Waals surface area (Å²) in [5, 5.41) is 17.7. The third kappa shape index (κ3) is 8.47. The molecule has 11 nitrogen and oxygen atoms in total. The maximum atomic E-state index is 11.9. The van der Waals surface area contributed by atoms with E-state index in [2.05, 4.69) is 16.3 Å². The Bertz CT molecular complexity index is 1130. The quantitative estimate of drug-likeness (QED) is 0.313. The largest absolute Gasteiger partial charge is 0.469 e. The van der Waals surface area contributed by atoms with Crippen molar-refractivity contribution in [2.24, 2.45) is 10.2 Å². The fourth-order valence-electron chi connectivity index (χ4n) is 2.92. The van der Waals surface area contributed by atoms with E-state index < -0.39 is 23.3 Å². The van der Waals surface area contributed by atoms with Gasteiger partial charge in [0.05, 0.1) is 39.7 Å². The Kier molecular flexibility index (Phi) is 10.8. The molecular weight excluding hydrogens is 476 g/mol. The van der Waals surface area contributed by atoms with Crippen molar-refractivity contribution in [1.82, 2.24) is 0 Å². The molecule has 0 bridgehead atoms. The molecule has 2 aromatic rings. The number of carbonyl (C=O) groups is 2. The number of aryl methyl sites for hydroxylation is 1. The summed E-state index contributed by atoms with van der Waals surface area (Å²) in [5.74, 6) is -0.748. The molecular formula is C23H26N4O7S. The zero-order chi connectivity index (χ0) is 25.8. The molecule has 12 heteroatoms. The van der Waals surface area contributed by atoms with E-state index in [9.17, 15) is 19.1 Å². The first-order valence-corrected chi connectivity index (χ1v) is 11.4. The molecule has 0 radical (unpaired) electrons. The highest BCUT2D eigenvalue weighted by atomic mass is 32.2. The van der Waals surface area contributed by atoms with Crippen LogP contribution < -0.4 is 9.08 Å². The van der Waals surface area contributed by atoms with Crippen LogP contribution in [-0.2, 0) is 34.6 Å². The number of carbonyl (C=O) groups excluding carboxylic acids is 2. The van der Waals surface area contributed by atoms with E-state index >= 15 is 0 Å². The molecule has 0 aromatic heterocycles. The number of azo groups is 1. The summed E-state index contributed by atoms with van der Waals surface area (Å²) in [5.41, 5.74) is 2.41. The molecule has 0 heterocycles. The maximum Gasteiger partial charge on any atom is 0.360 e. The third-order valence-corrected chi connectivity index (χ3v) is 5.36. The molecule has 2 aromatic carbocycles. The number of esters is 2. The number of anilines is 1. The van der Waals surface area contributed by atoms with E-state index in [4.69, 9.17) is 17.8 Å². The van der Waals surface area contributed by atoms with Crippen LogP contribution in [0.15, 0.2) is 46.6 Å². The normalized spacial score (nSPS) is 11.5. The molecule has 0 saturated carbocycles. The van der Waals surface area contributed by atoms with Crippen LogP contribution in [0.1, 0.15) is 24.0 Å². The van der Waals surface area contributed by atoms with Crippen LogP contribution in [-0.4, -0.2) is 50.6 Å². The predicted octanol–water partition coefficient (Wildman–Crippen LogP) is 3.82. The van der Waals surface area contributed by atoms with E-state index in [0.29, 0.717) is 16.9 Å². The smallest absolute Gasteiger partial charge is 0.360 e. The first-order chi connectivity index (χ1) is 16.8. The Hall–Kier alpha value is -3.82. The van der Waals surface area contributed by atoms with Gasteiger partial charge in [-0.3, -0.25) is 13.8 Å². The minimum absolute atomic E-state index is 0.0731. The van der Waals surface area contributed by atoms with Gasteiger partial charge in [0, 0.05) is 24.8 Å². The van der Waals surface area contributed by atoms with Crippen LogP contribution in [0.25, 0.3) is 0 Å². The molecule has 0 aliphatic rings. The average molecular weight is 503 g/mol. The van der Waals surface area contributed by atoms with Gasteiger partial charge >= 0.3 is 23.3 Å². The molecule has 1 atom stereocenters. The Morgan fingerprint density at radius 2 is 1.57 bits per heavy atom. The van der Waals surface area contributed by atoms with Crippen molar-refractivity contribution in [3.05, 3.63) is 47.5 Å². The van der Waals surface area contributed by atoms with Gasteiger partial charge < -0.3 is 18.6 Å². The number of hydrogen-bond donors (Lipinski definition) is 0. The summed E-state index contributed by atoms with van der Waals surface area (Å²) in [6.45, 7) is 2.34. The third-order valence-electron chi connectivity index (χ3n) is 4.77. The second-order valence-corrected chi connectivity index (χ2v) is 7.99. The first kappa shape index (κ1) is 27.4. The molecule has 0 aliphatic heterocycles. The van der Waals surface area contributed by atoms with Gasteiger partial charge in [0.2, 0.25) is 0 Å². The van der Waals surface area contributed by atoms with Gasteiger partial charge in [0.15, 0.2) is 5.75 Å². The number of nitriles is 1. The Balaban J connectivity index is 2.42. The molecule has 2 rings (SSSR count). The molecule has 0 aliphatic carbocycles. The van der Waals surface area contributed by atoms with Crippen molar-refractivity contribution < 1.29 is 31.6 Å². The number of nitrogens with zero attached hydrogens (tertiary/aromatic N) is 4. The number of ether oxygens (including phenoxy) is 2. The van der Waals surface area contributed by atoms with Gasteiger partial charge in [0.1, 0.15) is 17.4 Å². The fourth-order valence-corrected chi connectivity index (χ4v) is 3.27. The van der Waals surface area contributed by atoms with Crippen molar-refractivity contribution >= 4 is 40.4 Å². The van der Waals surface area contributed by atoms with Gasteiger partial charge in [-0.25, -0.2) is 0 Å². The summed E-state index contributed by atoms with van der Waals surface area (Å²) < 4.78 is 31.4. The van der Waals surface area contributed by atoms with Crippen molar-refractivity contribution in [2.75, 3.05) is 39.3 Å². The van der Waals surface area contributed by atoms with Gasteiger partial charge in [-0.1, -0.05) is 6.07 Å². The topological polar surface area (TPSA) is 140 Å². The molecule has 186 valence electrons. The minimum Gasteiger partial charge on any atom is -0.469 e. The van der Waals surface area contributed by atoms with Crippen LogP contribution >= 0.6 is 0 Å². The Labute approximate surface area is 206 Å². The lowest BCUT2D eigenvalue weighted by Gasteiger charge is -2.24. The Morgan fingerprint density at radius 1 is 0.971 bits per heavy atom. The van der Waals surface area contributed by atoms with E-state index in [1.165, 1.54) is 21.3 Å². The summed E-state index contributed by atoms with van der Waals surface area (Å²) in [7, 11) is 3.79. The van der Waals surface area contributed by atoms with Crippen LogP contribution in [0.5, 0.6) is 5.75 Å². The number of methoxy groups -OCH3 is 2. The van der Waals surface area contributed by atoms with Gasteiger partial charge in [-0.05, 0) is 36.8 Å². The second-order valence-electron chi connectivity index (χ2n) is 7.08. The van der Waals surface area contributed by atoms with Crippen LogP contribution in [0.4, 0.5) is 17.1 Å². The molecule has 1 unspecified atom stereocenters. The van der Waals surface area contributed by atoms with Crippen molar-refractivity contribution in [1.29, 1.82) is 5.26 Å². The van der Waals surface area contributed by atoms with Gasteiger partial charge in [-0.15, -0.1) is 10.2 Å². The maximum absolute atomic E-state index is 11.9. The number of hydrogen-bond acceptors (Lipinski definition) is 11. The molecule has 0 N–H and O–H groups in total. The van der Waals surface area contributed by atoms with Crippen molar-refractivity contribution in [2.45, 2.75) is 19.8 Å². The lowest BCUT2D eigenvalue weighted by Crippen LogP contribution is -2.29. The molecule has 0 fully saturated rings. The van der Waals surface area contributed by atoms with Crippen molar-refractivity contribution in [3.8, 4) is 11.8 Å². The van der Waals surface area contributed by atoms with E-state index in [1.54, 1.807) is 41.3 Å². The monoisotopic (exact) mass is 502 g/mol. The first-order valence-electron chi connectivity index (χ1n) is 10.4. The van der Waals surface area contributed by atoms with Crippen LogP contribution in [0, 0.1) is 18.3 Å². The highest BCUT2D eigenvalue weighted by Crippen LogP contribution is 2.35. The lowest BCUT2D eigenvalue weighted by atomic mass is 10.1. The summed E-state index contributed by atoms with van der Waals surface area (Å²) in [6.07, 6.45) is 0.146. The molecule has 0 saturated heterocycles. The van der Waals surface area contributed by atoms with Crippen LogP contribution in [0.2, 0.25) is 0 Å². The number of rotatable bonds is 12. The van der Waals surface area contributed by atoms with E-state index in [1.807, 2.05) is 6.92 Å². The zero-order valence-corrected chi connectivity index (χ0v) is 20.7. The standard InChI is InChI=1S/C23H26N4O7S/c1-16-5-7-19(17(13-16)15-24)25-26-20-8-6-18(14-21(20)34-35(30)33-4)27(11-9-22(28)31-2)12-10-23(29)32-3/h5-8,13-14H,9-12H2,1-4H3. The van der Waals surface area contributed by atoms with Crippen LogP contribution in [0.3, 0.4) is 0 Å². The second kappa shape index (κ2) is 13.8. The highest BCUT2D eigenvalue weighted by molar-refractivity contribution is 7.75. The summed E-state index contributed by atoms with van der Waals surface area (Å²) >= 11 is -2.11. The average Bonchev–Trinajstić information content (AvgIpc) is 2.87.